The van der Waals surface area contributed by atoms with Crippen molar-refractivity contribution in [3.63, 3.8) is 0 Å². The Bertz CT molecular complexity index is 1280. The SMILES string of the molecule is Cn1c(=O)n(-c2ncc(CCC(=O)O)s2)c2cc(S(=O)(=O)NC3(C)CC3)ccc21. The van der Waals surface area contributed by atoms with Gasteiger partial charge in [-0.25, -0.2) is 27.5 Å². The van der Waals surface area contributed by atoms with Gasteiger partial charge in [0.25, 0.3) is 0 Å². The highest BCUT2D eigenvalue weighted by Gasteiger charge is 2.41. The highest BCUT2D eigenvalue weighted by atomic mass is 32.2. The van der Waals surface area contributed by atoms with Gasteiger partial charge in [0.15, 0.2) is 5.13 Å². The number of thiazole rings is 1. The van der Waals surface area contributed by atoms with Crippen LogP contribution in [0.3, 0.4) is 0 Å². The molecule has 1 saturated carbocycles. The summed E-state index contributed by atoms with van der Waals surface area (Å²) < 4.78 is 31.0. The summed E-state index contributed by atoms with van der Waals surface area (Å²) in [7, 11) is -2.11. The predicted octanol–water partition coefficient (Wildman–Crippen LogP) is 1.63. The summed E-state index contributed by atoms with van der Waals surface area (Å²) in [4.78, 5) is 28.7. The van der Waals surface area contributed by atoms with Gasteiger partial charge in [-0.1, -0.05) is 0 Å². The fourth-order valence-electron chi connectivity index (χ4n) is 3.09. The summed E-state index contributed by atoms with van der Waals surface area (Å²) in [6.07, 6.45) is 3.42. The van der Waals surface area contributed by atoms with Gasteiger partial charge in [0, 0.05) is 23.7 Å². The fourth-order valence-corrected chi connectivity index (χ4v) is 5.50. The number of carboxylic acids is 1. The van der Waals surface area contributed by atoms with Crippen LogP contribution in [0.5, 0.6) is 0 Å². The van der Waals surface area contributed by atoms with Crippen molar-refractivity contribution in [3.05, 3.63) is 39.8 Å². The van der Waals surface area contributed by atoms with Gasteiger partial charge in [-0.05, 0) is 44.4 Å². The number of carboxylic acid groups (broad SMARTS) is 1. The van der Waals surface area contributed by atoms with E-state index >= 15 is 0 Å². The summed E-state index contributed by atoms with van der Waals surface area (Å²) in [5, 5.41) is 9.21. The Morgan fingerprint density at radius 2 is 2.07 bits per heavy atom. The first-order chi connectivity index (χ1) is 13.6. The highest BCUT2D eigenvalue weighted by Crippen LogP contribution is 2.36. The molecule has 154 valence electrons. The molecule has 1 aliphatic rings. The standard InChI is InChI=1S/C18H20N4O5S2/c1-18(7-8-18)20-29(26,27)12-4-5-13-14(9-12)22(17(25)21(13)2)16-19-10-11(28-16)3-6-15(23)24/h4-5,9-10,20H,3,6-8H2,1-2H3,(H,23,24). The van der Waals surface area contributed by atoms with Crippen molar-refractivity contribution in [1.82, 2.24) is 18.8 Å². The average Bonchev–Trinajstić information content (AvgIpc) is 3.09. The van der Waals surface area contributed by atoms with Crippen molar-refractivity contribution >= 4 is 38.4 Å². The van der Waals surface area contributed by atoms with Crippen LogP contribution < -0.4 is 10.4 Å². The lowest BCUT2D eigenvalue weighted by Gasteiger charge is -2.12. The Balaban J connectivity index is 1.79. The van der Waals surface area contributed by atoms with E-state index in [1.54, 1.807) is 19.3 Å². The van der Waals surface area contributed by atoms with E-state index in [0.29, 0.717) is 22.6 Å². The summed E-state index contributed by atoms with van der Waals surface area (Å²) in [6.45, 7) is 1.86. The molecule has 0 radical (unpaired) electrons. The fraction of sp³-hybridized carbons (Fsp3) is 0.389. The number of imidazole rings is 1. The Morgan fingerprint density at radius 3 is 2.72 bits per heavy atom. The zero-order chi connectivity index (χ0) is 21.0. The minimum atomic E-state index is -3.72. The maximum Gasteiger partial charge on any atom is 0.335 e. The van der Waals surface area contributed by atoms with Crippen LogP contribution in [0.2, 0.25) is 0 Å². The first-order valence-corrected chi connectivity index (χ1v) is 11.3. The second kappa shape index (κ2) is 6.78. The topological polar surface area (TPSA) is 123 Å². The maximum atomic E-state index is 12.8. The molecular formula is C18H20N4O5S2. The van der Waals surface area contributed by atoms with E-state index in [4.69, 9.17) is 5.11 Å². The third-order valence-electron chi connectivity index (χ3n) is 5.04. The first-order valence-electron chi connectivity index (χ1n) is 9.02. The van der Waals surface area contributed by atoms with Crippen molar-refractivity contribution < 1.29 is 18.3 Å². The Hall–Kier alpha value is -2.50. The number of hydrogen-bond donors (Lipinski definition) is 2. The molecule has 1 aliphatic carbocycles. The number of nitrogens with one attached hydrogen (secondary N) is 1. The van der Waals surface area contributed by atoms with E-state index in [-0.39, 0.29) is 17.0 Å². The number of rotatable bonds is 7. The third-order valence-corrected chi connectivity index (χ3v) is 7.71. The minimum absolute atomic E-state index is 0.0289. The van der Waals surface area contributed by atoms with E-state index in [9.17, 15) is 18.0 Å². The molecule has 2 aromatic heterocycles. The maximum absolute atomic E-state index is 12.8. The van der Waals surface area contributed by atoms with E-state index in [0.717, 1.165) is 17.7 Å². The van der Waals surface area contributed by atoms with Crippen LogP contribution in [-0.2, 0) is 28.3 Å². The van der Waals surface area contributed by atoms with Gasteiger partial charge in [0.2, 0.25) is 10.0 Å². The number of sulfonamides is 1. The zero-order valence-corrected chi connectivity index (χ0v) is 17.5. The molecule has 0 amide bonds. The lowest BCUT2D eigenvalue weighted by molar-refractivity contribution is -0.136. The third kappa shape index (κ3) is 3.72. The molecule has 2 N–H and O–H groups in total. The molecule has 0 saturated heterocycles. The van der Waals surface area contributed by atoms with Crippen molar-refractivity contribution in [2.24, 2.45) is 7.05 Å². The van der Waals surface area contributed by atoms with E-state index < -0.39 is 21.5 Å². The van der Waals surface area contributed by atoms with Crippen LogP contribution in [0.4, 0.5) is 0 Å². The first kappa shape index (κ1) is 19.8. The predicted molar refractivity (Wildman–Crippen MR) is 108 cm³/mol. The summed E-state index contributed by atoms with van der Waals surface area (Å²) in [6, 6.07) is 4.57. The molecule has 0 atom stereocenters. The Labute approximate surface area is 170 Å². The molecule has 11 heteroatoms. The Kier molecular flexibility index (Phi) is 4.63. The molecule has 2 heterocycles. The summed E-state index contributed by atoms with van der Waals surface area (Å²) in [5.74, 6) is -0.908. The number of aliphatic carboxylic acids is 1. The van der Waals surface area contributed by atoms with Crippen LogP contribution in [0, 0.1) is 0 Å². The number of nitrogens with zero attached hydrogens (tertiary/aromatic N) is 3. The smallest absolute Gasteiger partial charge is 0.335 e. The molecule has 3 aromatic rings. The number of benzene rings is 1. The van der Waals surface area contributed by atoms with Crippen molar-refractivity contribution in [1.29, 1.82) is 0 Å². The molecular weight excluding hydrogens is 416 g/mol. The van der Waals surface area contributed by atoms with Crippen molar-refractivity contribution in [2.75, 3.05) is 0 Å². The van der Waals surface area contributed by atoms with Crippen molar-refractivity contribution in [2.45, 2.75) is 43.0 Å². The molecule has 9 nitrogen and oxygen atoms in total. The van der Waals surface area contributed by atoms with Gasteiger partial charge in [-0.3, -0.25) is 9.36 Å². The number of carbonyl (C=O) groups is 1. The molecule has 0 spiro atoms. The van der Waals surface area contributed by atoms with E-state index in [1.807, 2.05) is 6.92 Å². The molecule has 1 fully saturated rings. The van der Waals surface area contributed by atoms with Crippen LogP contribution in [-0.4, -0.2) is 39.2 Å². The molecule has 29 heavy (non-hydrogen) atoms. The molecule has 0 bridgehead atoms. The Morgan fingerprint density at radius 1 is 1.34 bits per heavy atom. The zero-order valence-electron chi connectivity index (χ0n) is 15.9. The summed E-state index contributed by atoms with van der Waals surface area (Å²) >= 11 is 1.21. The van der Waals surface area contributed by atoms with Gasteiger partial charge < -0.3 is 5.11 Å². The lowest BCUT2D eigenvalue weighted by atomic mass is 10.3. The second-order valence-corrected chi connectivity index (χ2v) is 10.3. The monoisotopic (exact) mass is 436 g/mol. The van der Waals surface area contributed by atoms with Crippen LogP contribution in [0.1, 0.15) is 31.1 Å². The number of aryl methyl sites for hydroxylation is 2. The molecule has 1 aromatic carbocycles. The van der Waals surface area contributed by atoms with Crippen LogP contribution in [0.25, 0.3) is 16.2 Å². The molecule has 4 rings (SSSR count). The number of hydrogen-bond acceptors (Lipinski definition) is 6. The largest absolute Gasteiger partial charge is 0.481 e. The molecule has 0 aliphatic heterocycles. The highest BCUT2D eigenvalue weighted by molar-refractivity contribution is 7.89. The van der Waals surface area contributed by atoms with E-state index in [2.05, 4.69) is 9.71 Å². The van der Waals surface area contributed by atoms with Gasteiger partial charge in [-0.2, -0.15) is 0 Å². The van der Waals surface area contributed by atoms with Crippen molar-refractivity contribution in [3.8, 4) is 5.13 Å². The van der Waals surface area contributed by atoms with Crippen LogP contribution in [0.15, 0.2) is 34.1 Å². The number of aromatic nitrogens is 3. The van der Waals surface area contributed by atoms with Crippen LogP contribution >= 0.6 is 11.3 Å². The summed E-state index contributed by atoms with van der Waals surface area (Å²) in [5.41, 5.74) is 0.253. The normalized spacial score (nSPS) is 15.7. The van der Waals surface area contributed by atoms with Gasteiger partial charge in [0.1, 0.15) is 0 Å². The molecule has 0 unspecified atom stereocenters. The lowest BCUT2D eigenvalue weighted by Crippen LogP contribution is -2.34. The van der Waals surface area contributed by atoms with E-state index in [1.165, 1.54) is 32.6 Å². The van der Waals surface area contributed by atoms with Gasteiger partial charge >= 0.3 is 11.7 Å². The quantitative estimate of drug-likeness (QED) is 0.580. The van der Waals surface area contributed by atoms with Gasteiger partial charge in [0.05, 0.1) is 22.3 Å². The average molecular weight is 437 g/mol. The minimum Gasteiger partial charge on any atom is -0.481 e. The number of fused-ring (bicyclic) bond motifs is 1. The van der Waals surface area contributed by atoms with Gasteiger partial charge in [-0.15, -0.1) is 11.3 Å². The second-order valence-electron chi connectivity index (χ2n) is 7.50.